The van der Waals surface area contributed by atoms with Crippen molar-refractivity contribution >= 4 is 0 Å². The second-order valence-electron chi connectivity index (χ2n) is 3.95. The molecule has 1 aromatic rings. The number of rotatable bonds is 4. The van der Waals surface area contributed by atoms with Gasteiger partial charge in [0.05, 0.1) is 6.10 Å². The first kappa shape index (κ1) is 9.74. The van der Waals surface area contributed by atoms with Gasteiger partial charge in [0.1, 0.15) is 0 Å². The SMILES string of the molecule is Cn1ccc(CNCC2CCCO2)c1. The highest BCUT2D eigenvalue weighted by Gasteiger charge is 2.14. The van der Waals surface area contributed by atoms with E-state index in [1.54, 1.807) is 0 Å². The molecule has 0 saturated carbocycles. The molecule has 1 fully saturated rings. The van der Waals surface area contributed by atoms with Crippen LogP contribution in [-0.4, -0.2) is 23.8 Å². The van der Waals surface area contributed by atoms with Crippen LogP contribution in [0.3, 0.4) is 0 Å². The van der Waals surface area contributed by atoms with Gasteiger partial charge in [-0.3, -0.25) is 0 Å². The number of nitrogens with one attached hydrogen (secondary N) is 1. The predicted molar refractivity (Wildman–Crippen MR) is 56.1 cm³/mol. The fourth-order valence-corrected chi connectivity index (χ4v) is 1.85. The van der Waals surface area contributed by atoms with Gasteiger partial charge in [0, 0.05) is 39.1 Å². The summed E-state index contributed by atoms with van der Waals surface area (Å²) in [7, 11) is 2.05. The van der Waals surface area contributed by atoms with Crippen molar-refractivity contribution in [2.45, 2.75) is 25.5 Å². The maximum absolute atomic E-state index is 5.53. The summed E-state index contributed by atoms with van der Waals surface area (Å²) < 4.78 is 7.60. The molecule has 1 atom stereocenters. The average molecular weight is 194 g/mol. The monoisotopic (exact) mass is 194 g/mol. The molecule has 0 radical (unpaired) electrons. The average Bonchev–Trinajstić information content (AvgIpc) is 2.77. The molecule has 1 aromatic heterocycles. The minimum atomic E-state index is 0.443. The summed E-state index contributed by atoms with van der Waals surface area (Å²) >= 11 is 0. The molecule has 0 amide bonds. The van der Waals surface area contributed by atoms with Crippen LogP contribution in [0.4, 0.5) is 0 Å². The van der Waals surface area contributed by atoms with E-state index in [0.717, 1.165) is 19.7 Å². The molecule has 2 rings (SSSR count). The Bertz CT molecular complexity index is 277. The third kappa shape index (κ3) is 2.59. The zero-order chi connectivity index (χ0) is 9.80. The Morgan fingerprint density at radius 1 is 1.64 bits per heavy atom. The highest BCUT2D eigenvalue weighted by atomic mass is 16.5. The van der Waals surface area contributed by atoms with E-state index in [1.165, 1.54) is 18.4 Å². The zero-order valence-electron chi connectivity index (χ0n) is 8.70. The lowest BCUT2D eigenvalue weighted by atomic mass is 10.2. The molecule has 0 bridgehead atoms. The Balaban J connectivity index is 1.67. The summed E-state index contributed by atoms with van der Waals surface area (Å²) in [6, 6.07) is 2.14. The van der Waals surface area contributed by atoms with E-state index >= 15 is 0 Å². The highest BCUT2D eigenvalue weighted by Crippen LogP contribution is 2.10. The molecule has 3 nitrogen and oxygen atoms in total. The van der Waals surface area contributed by atoms with E-state index in [1.807, 2.05) is 7.05 Å². The zero-order valence-corrected chi connectivity index (χ0v) is 8.70. The van der Waals surface area contributed by atoms with Gasteiger partial charge in [-0.1, -0.05) is 0 Å². The minimum Gasteiger partial charge on any atom is -0.377 e. The van der Waals surface area contributed by atoms with Gasteiger partial charge < -0.3 is 14.6 Å². The van der Waals surface area contributed by atoms with E-state index in [4.69, 9.17) is 4.74 Å². The third-order valence-corrected chi connectivity index (χ3v) is 2.62. The summed E-state index contributed by atoms with van der Waals surface area (Å²) in [4.78, 5) is 0. The lowest BCUT2D eigenvalue weighted by molar-refractivity contribution is 0.110. The molecule has 0 aliphatic carbocycles. The van der Waals surface area contributed by atoms with Crippen molar-refractivity contribution in [1.82, 2.24) is 9.88 Å². The van der Waals surface area contributed by atoms with Crippen molar-refractivity contribution in [3.63, 3.8) is 0 Å². The Labute approximate surface area is 85.1 Å². The van der Waals surface area contributed by atoms with Gasteiger partial charge in [0.25, 0.3) is 0 Å². The van der Waals surface area contributed by atoms with Crippen LogP contribution in [0.15, 0.2) is 18.5 Å². The molecule has 3 heteroatoms. The molecule has 1 unspecified atom stereocenters. The quantitative estimate of drug-likeness (QED) is 0.781. The van der Waals surface area contributed by atoms with E-state index in [9.17, 15) is 0 Å². The Kier molecular flexibility index (Phi) is 3.22. The number of hydrogen-bond donors (Lipinski definition) is 1. The first-order valence-electron chi connectivity index (χ1n) is 5.28. The molecule has 1 aliphatic heterocycles. The van der Waals surface area contributed by atoms with Crippen LogP contribution in [-0.2, 0) is 18.3 Å². The van der Waals surface area contributed by atoms with Crippen molar-refractivity contribution in [3.05, 3.63) is 24.0 Å². The molecular formula is C11H18N2O. The summed E-state index contributed by atoms with van der Waals surface area (Å²) in [5.74, 6) is 0. The molecule has 78 valence electrons. The maximum atomic E-state index is 5.53. The van der Waals surface area contributed by atoms with Crippen molar-refractivity contribution < 1.29 is 4.74 Å². The Hall–Kier alpha value is -0.800. The van der Waals surface area contributed by atoms with Gasteiger partial charge >= 0.3 is 0 Å². The van der Waals surface area contributed by atoms with Gasteiger partial charge in [-0.05, 0) is 24.5 Å². The van der Waals surface area contributed by atoms with Gasteiger partial charge in [-0.25, -0.2) is 0 Å². The van der Waals surface area contributed by atoms with Crippen molar-refractivity contribution in [2.24, 2.45) is 7.05 Å². The van der Waals surface area contributed by atoms with Crippen molar-refractivity contribution in [2.75, 3.05) is 13.2 Å². The maximum Gasteiger partial charge on any atom is 0.0700 e. The standard InChI is InChI=1S/C11H18N2O/c1-13-5-4-10(9-13)7-12-8-11-3-2-6-14-11/h4-5,9,11-12H,2-3,6-8H2,1H3. The second-order valence-corrected chi connectivity index (χ2v) is 3.95. The lowest BCUT2D eigenvalue weighted by Gasteiger charge is -2.09. The normalized spacial score (nSPS) is 21.6. The summed E-state index contributed by atoms with van der Waals surface area (Å²) in [6.07, 6.45) is 7.09. The molecule has 0 aromatic carbocycles. The third-order valence-electron chi connectivity index (χ3n) is 2.62. The van der Waals surface area contributed by atoms with Gasteiger partial charge in [-0.2, -0.15) is 0 Å². The first-order valence-corrected chi connectivity index (χ1v) is 5.28. The van der Waals surface area contributed by atoms with Crippen LogP contribution < -0.4 is 5.32 Å². The molecule has 14 heavy (non-hydrogen) atoms. The Morgan fingerprint density at radius 3 is 3.21 bits per heavy atom. The second kappa shape index (κ2) is 4.62. The van der Waals surface area contributed by atoms with E-state index in [0.29, 0.717) is 6.10 Å². The molecule has 0 spiro atoms. The number of nitrogens with zero attached hydrogens (tertiary/aromatic N) is 1. The molecular weight excluding hydrogens is 176 g/mol. The van der Waals surface area contributed by atoms with Crippen molar-refractivity contribution in [1.29, 1.82) is 0 Å². The van der Waals surface area contributed by atoms with Gasteiger partial charge in [0.15, 0.2) is 0 Å². The van der Waals surface area contributed by atoms with Crippen LogP contribution in [0.25, 0.3) is 0 Å². The topological polar surface area (TPSA) is 26.2 Å². The molecule has 1 saturated heterocycles. The number of hydrogen-bond acceptors (Lipinski definition) is 2. The Morgan fingerprint density at radius 2 is 2.57 bits per heavy atom. The molecule has 1 aliphatic rings. The number of aryl methyl sites for hydroxylation is 1. The van der Waals surface area contributed by atoms with E-state index < -0.39 is 0 Å². The van der Waals surface area contributed by atoms with Gasteiger partial charge in [0.2, 0.25) is 0 Å². The molecule has 1 N–H and O–H groups in total. The van der Waals surface area contributed by atoms with Crippen LogP contribution in [0, 0.1) is 0 Å². The number of ether oxygens (including phenoxy) is 1. The van der Waals surface area contributed by atoms with Crippen LogP contribution in [0.5, 0.6) is 0 Å². The summed E-state index contributed by atoms with van der Waals surface area (Å²) in [6.45, 7) is 2.87. The van der Waals surface area contributed by atoms with Crippen LogP contribution in [0.2, 0.25) is 0 Å². The summed E-state index contributed by atoms with van der Waals surface area (Å²) in [5.41, 5.74) is 1.34. The fourth-order valence-electron chi connectivity index (χ4n) is 1.85. The van der Waals surface area contributed by atoms with Gasteiger partial charge in [-0.15, -0.1) is 0 Å². The van der Waals surface area contributed by atoms with E-state index in [-0.39, 0.29) is 0 Å². The predicted octanol–water partition coefficient (Wildman–Crippen LogP) is 1.29. The van der Waals surface area contributed by atoms with Crippen LogP contribution in [0.1, 0.15) is 18.4 Å². The van der Waals surface area contributed by atoms with E-state index in [2.05, 4.69) is 28.3 Å². The minimum absolute atomic E-state index is 0.443. The lowest BCUT2D eigenvalue weighted by Crippen LogP contribution is -2.25. The fraction of sp³-hybridized carbons (Fsp3) is 0.636. The highest BCUT2D eigenvalue weighted by molar-refractivity contribution is 5.09. The smallest absolute Gasteiger partial charge is 0.0700 e. The molecule has 2 heterocycles. The largest absolute Gasteiger partial charge is 0.377 e. The van der Waals surface area contributed by atoms with Crippen LogP contribution >= 0.6 is 0 Å². The summed E-state index contributed by atoms with van der Waals surface area (Å²) in [5, 5.41) is 3.42. The first-order chi connectivity index (χ1) is 6.84. The number of aromatic nitrogens is 1. The van der Waals surface area contributed by atoms with Crippen molar-refractivity contribution in [3.8, 4) is 0 Å².